The molecule has 1 saturated heterocycles. The molecule has 1 aliphatic heterocycles. The predicted molar refractivity (Wildman–Crippen MR) is 99.7 cm³/mol. The van der Waals surface area contributed by atoms with Gasteiger partial charge in [0, 0.05) is 32.4 Å². The zero-order valence-corrected chi connectivity index (χ0v) is 14.7. The minimum atomic E-state index is -0.554. The van der Waals surface area contributed by atoms with Gasteiger partial charge in [-0.25, -0.2) is 14.3 Å². The number of fused-ring (bicyclic) bond motifs is 1. The molecular formula is C17H17N5O3S. The fraction of sp³-hybridized carbons (Fsp3) is 0.294. The van der Waals surface area contributed by atoms with E-state index in [2.05, 4.69) is 14.9 Å². The molecule has 0 bridgehead atoms. The van der Waals surface area contributed by atoms with Crippen molar-refractivity contribution in [2.45, 2.75) is 6.54 Å². The molecule has 26 heavy (non-hydrogen) atoms. The lowest BCUT2D eigenvalue weighted by atomic mass is 10.3. The SMILES string of the molecule is O=C(Cn1c(=O)[nH]c2ccsc2c1=O)N1CCN(c2ccccn2)CC1. The molecule has 0 saturated carbocycles. The first kappa shape index (κ1) is 16.5. The second kappa shape index (κ2) is 6.75. The number of thiophene rings is 1. The van der Waals surface area contributed by atoms with Crippen LogP contribution in [0.15, 0.2) is 45.4 Å². The summed E-state index contributed by atoms with van der Waals surface area (Å²) in [6.07, 6.45) is 1.74. The zero-order valence-electron chi connectivity index (χ0n) is 13.9. The highest BCUT2D eigenvalue weighted by Crippen LogP contribution is 2.14. The van der Waals surface area contributed by atoms with E-state index in [1.807, 2.05) is 18.2 Å². The standard InChI is InChI=1S/C17H17N5O3S/c23-14(11-22-16(24)15-12(4-10-26-15)19-17(22)25)21-8-6-20(7-9-21)13-3-1-2-5-18-13/h1-5,10H,6-9,11H2,(H,19,25). The van der Waals surface area contributed by atoms with Crippen molar-refractivity contribution in [3.8, 4) is 0 Å². The molecule has 0 aromatic carbocycles. The van der Waals surface area contributed by atoms with Crippen molar-refractivity contribution in [2.75, 3.05) is 31.1 Å². The van der Waals surface area contributed by atoms with Crippen LogP contribution in [0.3, 0.4) is 0 Å². The summed E-state index contributed by atoms with van der Waals surface area (Å²) in [6.45, 7) is 2.15. The lowest BCUT2D eigenvalue weighted by Gasteiger charge is -2.35. The molecule has 4 heterocycles. The molecule has 0 aliphatic carbocycles. The second-order valence-corrected chi connectivity index (χ2v) is 6.96. The number of nitrogens with one attached hydrogen (secondary N) is 1. The predicted octanol–water partition coefficient (Wildman–Crippen LogP) is 0.495. The number of piperazine rings is 1. The summed E-state index contributed by atoms with van der Waals surface area (Å²) in [5.74, 6) is 0.657. The molecule has 134 valence electrons. The van der Waals surface area contributed by atoms with Gasteiger partial charge in [0.25, 0.3) is 5.56 Å². The summed E-state index contributed by atoms with van der Waals surface area (Å²) in [6, 6.07) is 7.42. The first-order chi connectivity index (χ1) is 12.6. The zero-order chi connectivity index (χ0) is 18.1. The number of nitrogens with zero attached hydrogens (tertiary/aromatic N) is 4. The normalized spacial score (nSPS) is 14.8. The van der Waals surface area contributed by atoms with Crippen molar-refractivity contribution in [1.29, 1.82) is 0 Å². The Morgan fingerprint density at radius 2 is 1.96 bits per heavy atom. The van der Waals surface area contributed by atoms with Gasteiger partial charge < -0.3 is 14.8 Å². The quantitative estimate of drug-likeness (QED) is 0.724. The molecule has 3 aromatic rings. The van der Waals surface area contributed by atoms with E-state index in [9.17, 15) is 14.4 Å². The van der Waals surface area contributed by atoms with E-state index in [1.54, 1.807) is 22.5 Å². The van der Waals surface area contributed by atoms with Crippen molar-refractivity contribution in [1.82, 2.24) is 19.4 Å². The average molecular weight is 371 g/mol. The monoisotopic (exact) mass is 371 g/mol. The molecule has 9 heteroatoms. The number of hydrogen-bond acceptors (Lipinski definition) is 6. The third kappa shape index (κ3) is 3.01. The highest BCUT2D eigenvalue weighted by Gasteiger charge is 2.23. The Kier molecular flexibility index (Phi) is 4.29. The summed E-state index contributed by atoms with van der Waals surface area (Å²) in [7, 11) is 0. The molecule has 0 unspecified atom stereocenters. The molecule has 0 atom stereocenters. The van der Waals surface area contributed by atoms with Crippen molar-refractivity contribution >= 4 is 33.3 Å². The third-order valence-electron chi connectivity index (χ3n) is 4.49. The molecular weight excluding hydrogens is 354 g/mol. The Bertz CT molecular complexity index is 1050. The van der Waals surface area contributed by atoms with Gasteiger partial charge in [-0.15, -0.1) is 11.3 Å². The number of rotatable bonds is 3. The Hall–Kier alpha value is -2.94. The average Bonchev–Trinajstić information content (AvgIpc) is 3.14. The van der Waals surface area contributed by atoms with Gasteiger partial charge in [-0.05, 0) is 23.6 Å². The molecule has 8 nitrogen and oxygen atoms in total. The molecule has 1 amide bonds. The number of aromatic amines is 1. The largest absolute Gasteiger partial charge is 0.353 e. The van der Waals surface area contributed by atoms with Gasteiger partial charge in [0.05, 0.1) is 5.52 Å². The molecule has 1 N–H and O–H groups in total. The first-order valence-electron chi connectivity index (χ1n) is 8.27. The van der Waals surface area contributed by atoms with Gasteiger partial charge in [-0.1, -0.05) is 6.07 Å². The summed E-state index contributed by atoms with van der Waals surface area (Å²) in [5, 5.41) is 1.74. The Morgan fingerprint density at radius 1 is 1.15 bits per heavy atom. The van der Waals surface area contributed by atoms with Crippen LogP contribution in [0, 0.1) is 0 Å². The summed E-state index contributed by atoms with van der Waals surface area (Å²) in [4.78, 5) is 47.9. The van der Waals surface area contributed by atoms with Crippen LogP contribution in [-0.2, 0) is 11.3 Å². The fourth-order valence-electron chi connectivity index (χ4n) is 3.08. The van der Waals surface area contributed by atoms with Gasteiger partial charge in [0.1, 0.15) is 17.1 Å². The maximum absolute atomic E-state index is 12.6. The molecule has 1 fully saturated rings. The smallest absolute Gasteiger partial charge is 0.329 e. The van der Waals surface area contributed by atoms with Gasteiger partial charge >= 0.3 is 5.69 Å². The van der Waals surface area contributed by atoms with E-state index >= 15 is 0 Å². The lowest BCUT2D eigenvalue weighted by molar-refractivity contribution is -0.132. The Labute approximate surface area is 152 Å². The fourth-order valence-corrected chi connectivity index (χ4v) is 3.87. The van der Waals surface area contributed by atoms with Crippen LogP contribution in [0.25, 0.3) is 10.2 Å². The van der Waals surface area contributed by atoms with Gasteiger partial charge in [0.2, 0.25) is 5.91 Å². The van der Waals surface area contributed by atoms with Gasteiger partial charge in [-0.3, -0.25) is 9.59 Å². The van der Waals surface area contributed by atoms with Crippen LogP contribution >= 0.6 is 11.3 Å². The second-order valence-electron chi connectivity index (χ2n) is 6.04. The van der Waals surface area contributed by atoms with E-state index in [4.69, 9.17) is 0 Å². The van der Waals surface area contributed by atoms with Gasteiger partial charge in [0.15, 0.2) is 0 Å². The summed E-state index contributed by atoms with van der Waals surface area (Å²) >= 11 is 1.26. The van der Waals surface area contributed by atoms with Crippen LogP contribution in [0.4, 0.5) is 5.82 Å². The minimum absolute atomic E-state index is 0.228. The number of anilines is 1. The van der Waals surface area contributed by atoms with Crippen molar-refractivity contribution in [3.63, 3.8) is 0 Å². The van der Waals surface area contributed by atoms with Crippen LogP contribution in [0.5, 0.6) is 0 Å². The van der Waals surface area contributed by atoms with Crippen LogP contribution in [-0.4, -0.2) is 51.5 Å². The number of hydrogen-bond donors (Lipinski definition) is 1. The number of H-pyrrole nitrogens is 1. The van der Waals surface area contributed by atoms with Crippen LogP contribution < -0.4 is 16.1 Å². The van der Waals surface area contributed by atoms with E-state index in [0.717, 1.165) is 10.4 Å². The lowest BCUT2D eigenvalue weighted by Crippen LogP contribution is -2.51. The molecule has 4 rings (SSSR count). The number of pyridine rings is 1. The Balaban J connectivity index is 1.47. The number of carbonyl (C=O) groups is 1. The van der Waals surface area contributed by atoms with E-state index in [-0.39, 0.29) is 12.5 Å². The first-order valence-corrected chi connectivity index (χ1v) is 9.15. The summed E-state index contributed by atoms with van der Waals surface area (Å²) in [5.41, 5.74) is -0.460. The van der Waals surface area contributed by atoms with Crippen LogP contribution in [0.2, 0.25) is 0 Å². The number of amides is 1. The highest BCUT2D eigenvalue weighted by atomic mass is 32.1. The number of aromatic nitrogens is 3. The molecule has 0 spiro atoms. The van der Waals surface area contributed by atoms with E-state index in [1.165, 1.54) is 11.3 Å². The summed E-state index contributed by atoms with van der Waals surface area (Å²) < 4.78 is 1.43. The minimum Gasteiger partial charge on any atom is -0.353 e. The van der Waals surface area contributed by atoms with Crippen molar-refractivity contribution in [3.05, 3.63) is 56.7 Å². The molecule has 0 radical (unpaired) electrons. The van der Waals surface area contributed by atoms with Crippen molar-refractivity contribution < 1.29 is 4.79 Å². The number of carbonyl (C=O) groups excluding carboxylic acids is 1. The Morgan fingerprint density at radius 3 is 2.69 bits per heavy atom. The van der Waals surface area contributed by atoms with Crippen LogP contribution in [0.1, 0.15) is 0 Å². The molecule has 3 aromatic heterocycles. The highest BCUT2D eigenvalue weighted by molar-refractivity contribution is 7.17. The maximum atomic E-state index is 12.6. The topological polar surface area (TPSA) is 91.3 Å². The molecule has 1 aliphatic rings. The maximum Gasteiger partial charge on any atom is 0.329 e. The van der Waals surface area contributed by atoms with E-state index < -0.39 is 11.2 Å². The third-order valence-corrected chi connectivity index (χ3v) is 5.39. The van der Waals surface area contributed by atoms with Crippen molar-refractivity contribution in [2.24, 2.45) is 0 Å². The van der Waals surface area contributed by atoms with Gasteiger partial charge in [-0.2, -0.15) is 0 Å². The van der Waals surface area contributed by atoms with E-state index in [0.29, 0.717) is 36.4 Å².